The van der Waals surface area contributed by atoms with Crippen molar-refractivity contribution in [1.82, 2.24) is 18.3 Å². The van der Waals surface area contributed by atoms with Crippen LogP contribution in [0, 0.1) is 0 Å². The van der Waals surface area contributed by atoms with Gasteiger partial charge in [0.05, 0.1) is 0 Å². The maximum atomic E-state index is 12.2. The second-order valence-electron chi connectivity index (χ2n) is 5.16. The minimum Gasteiger partial charge on any atom is -0.278 e. The molecule has 0 amide bonds. The highest BCUT2D eigenvalue weighted by Crippen LogP contribution is 1.69. The van der Waals surface area contributed by atoms with Crippen LogP contribution in [0.1, 0.15) is 0 Å². The van der Waals surface area contributed by atoms with Crippen LogP contribution in [0.3, 0.4) is 0 Å². The molecule has 3 heterocycles. The van der Waals surface area contributed by atoms with Crippen molar-refractivity contribution in [1.29, 1.82) is 0 Å². The number of rotatable bonds is 0. The lowest BCUT2D eigenvalue weighted by Gasteiger charge is -2.04. The number of nitrogens with zero attached hydrogens (tertiary/aromatic N) is 8. The molecule has 0 unspecified atom stereocenters. The summed E-state index contributed by atoms with van der Waals surface area (Å²) in [6, 6.07) is 0. The lowest BCUT2D eigenvalue weighted by Crippen LogP contribution is -2.59. The van der Waals surface area contributed by atoms with Crippen molar-refractivity contribution < 1.29 is 0 Å². The molecule has 1 aliphatic heterocycles. The van der Waals surface area contributed by atoms with E-state index in [0.717, 1.165) is 18.3 Å². The maximum Gasteiger partial charge on any atom is 0.332 e. The van der Waals surface area contributed by atoms with Gasteiger partial charge >= 0.3 is 11.4 Å². The molecule has 0 N–H and O–H groups in total. The SMILES string of the molecule is Cn1c(=O)c2/c(n(C)c1=O)=N\N=c1\c(=O)n(C)c(=O)n(C)\c1=N\N=2. The number of fused-ring (bicyclic) bond motifs is 2. The summed E-state index contributed by atoms with van der Waals surface area (Å²) in [7, 11) is 5.35. The molecule has 2 aromatic rings. The molecule has 12 heteroatoms. The van der Waals surface area contributed by atoms with E-state index in [-0.39, 0.29) is 21.7 Å². The minimum atomic E-state index is -0.715. The summed E-state index contributed by atoms with van der Waals surface area (Å²) in [6.45, 7) is 0. The number of aromatic nitrogens is 4. The van der Waals surface area contributed by atoms with Crippen molar-refractivity contribution in [3.05, 3.63) is 63.4 Å². The first kappa shape index (κ1) is 15.5. The molecule has 12 nitrogen and oxygen atoms in total. The summed E-state index contributed by atoms with van der Waals surface area (Å²) < 4.78 is 3.82. The van der Waals surface area contributed by atoms with Gasteiger partial charge in [-0.15, -0.1) is 20.4 Å². The monoisotopic (exact) mass is 332 g/mol. The predicted octanol–water partition coefficient (Wildman–Crippen LogP) is -5.50. The van der Waals surface area contributed by atoms with E-state index in [9.17, 15) is 19.2 Å². The van der Waals surface area contributed by atoms with Crippen molar-refractivity contribution in [2.75, 3.05) is 0 Å². The van der Waals surface area contributed by atoms with Crippen LogP contribution >= 0.6 is 0 Å². The van der Waals surface area contributed by atoms with E-state index in [1.165, 1.54) is 28.2 Å². The molecule has 3 rings (SSSR count). The van der Waals surface area contributed by atoms with Crippen LogP contribution in [0.4, 0.5) is 0 Å². The first-order valence-corrected chi connectivity index (χ1v) is 6.69. The fraction of sp³-hybridized carbons (Fsp3) is 0.333. The Balaban J connectivity index is 2.70. The summed E-state index contributed by atoms with van der Waals surface area (Å²) in [5.74, 6) is 0. The summed E-state index contributed by atoms with van der Waals surface area (Å²) in [6.07, 6.45) is 0. The van der Waals surface area contributed by atoms with Gasteiger partial charge in [-0.2, -0.15) is 0 Å². The molecule has 0 saturated heterocycles. The van der Waals surface area contributed by atoms with Crippen LogP contribution in [-0.2, 0) is 28.2 Å². The Morgan fingerprint density at radius 2 is 0.875 bits per heavy atom. The van der Waals surface area contributed by atoms with Crippen molar-refractivity contribution in [2.24, 2.45) is 48.6 Å². The van der Waals surface area contributed by atoms with E-state index in [0.29, 0.717) is 0 Å². The molecule has 2 aromatic heterocycles. The minimum absolute atomic E-state index is 0.131. The zero-order chi connectivity index (χ0) is 17.8. The highest BCUT2D eigenvalue weighted by atomic mass is 16.2. The van der Waals surface area contributed by atoms with Crippen LogP contribution < -0.4 is 44.2 Å². The topological polar surface area (TPSA) is 137 Å². The van der Waals surface area contributed by atoms with Crippen LogP contribution in [0.15, 0.2) is 39.6 Å². The Labute approximate surface area is 131 Å². The van der Waals surface area contributed by atoms with Crippen LogP contribution in [0.5, 0.6) is 0 Å². The Morgan fingerprint density at radius 3 is 1.21 bits per heavy atom. The average Bonchev–Trinajstić information content (AvgIpc) is 2.55. The Hall–Kier alpha value is -3.44. The van der Waals surface area contributed by atoms with E-state index >= 15 is 0 Å². The normalized spacial score (nSPS) is 18.2. The van der Waals surface area contributed by atoms with E-state index in [1.807, 2.05) is 0 Å². The Kier molecular flexibility index (Phi) is 3.25. The average molecular weight is 332 g/mol. The fourth-order valence-electron chi connectivity index (χ4n) is 2.23. The van der Waals surface area contributed by atoms with Gasteiger partial charge in [0.2, 0.25) is 0 Å². The van der Waals surface area contributed by atoms with Crippen molar-refractivity contribution in [3.8, 4) is 0 Å². The quantitative estimate of drug-likeness (QED) is 0.475. The Morgan fingerprint density at radius 1 is 0.542 bits per heavy atom. The molecule has 0 fully saturated rings. The zero-order valence-corrected chi connectivity index (χ0v) is 13.2. The van der Waals surface area contributed by atoms with Gasteiger partial charge in [-0.3, -0.25) is 27.9 Å². The third-order valence-electron chi connectivity index (χ3n) is 3.71. The highest BCUT2D eigenvalue weighted by Gasteiger charge is 2.11. The molecular formula is C12H12N8O4. The van der Waals surface area contributed by atoms with Crippen molar-refractivity contribution in [2.45, 2.75) is 0 Å². The molecule has 1 aliphatic rings. The molecular weight excluding hydrogens is 320 g/mol. The predicted molar refractivity (Wildman–Crippen MR) is 78.5 cm³/mol. The van der Waals surface area contributed by atoms with Crippen molar-refractivity contribution >= 4 is 0 Å². The molecule has 0 aromatic carbocycles. The van der Waals surface area contributed by atoms with E-state index in [1.54, 1.807) is 0 Å². The molecule has 124 valence electrons. The van der Waals surface area contributed by atoms with Gasteiger partial charge < -0.3 is 0 Å². The fourth-order valence-corrected chi connectivity index (χ4v) is 2.23. The summed E-state index contributed by atoms with van der Waals surface area (Å²) >= 11 is 0. The van der Waals surface area contributed by atoms with Gasteiger partial charge in [-0.1, -0.05) is 0 Å². The standard InChI is InChI=1S/C12H12N8O4/c1-17-7-5(9(21)19(3)11(17)23)13-16-8-6(14-15-7)10(22)20(4)12(24)18(8)2/h1-4H3/b13-5+,14-6+,15-7+,15-14?,16-8+,16-13?. The van der Waals surface area contributed by atoms with Crippen molar-refractivity contribution in [3.63, 3.8) is 0 Å². The largest absolute Gasteiger partial charge is 0.332 e. The van der Waals surface area contributed by atoms with Gasteiger partial charge in [0, 0.05) is 28.2 Å². The molecule has 0 aliphatic carbocycles. The molecule has 0 spiro atoms. The van der Waals surface area contributed by atoms with Gasteiger partial charge in [0.15, 0.2) is 21.7 Å². The third kappa shape index (κ3) is 1.92. The molecule has 0 saturated carbocycles. The maximum absolute atomic E-state index is 12.2. The summed E-state index contributed by atoms with van der Waals surface area (Å²) in [4.78, 5) is 48.3. The summed E-state index contributed by atoms with van der Waals surface area (Å²) in [5.41, 5.74) is -2.94. The lowest BCUT2D eigenvalue weighted by atomic mass is 10.5. The molecule has 0 radical (unpaired) electrons. The smallest absolute Gasteiger partial charge is 0.278 e. The summed E-state index contributed by atoms with van der Waals surface area (Å²) in [5, 5.41) is 14.8. The molecule has 0 bridgehead atoms. The first-order chi connectivity index (χ1) is 11.3. The van der Waals surface area contributed by atoms with Gasteiger partial charge in [-0.05, 0) is 0 Å². The molecule has 0 atom stereocenters. The second kappa shape index (κ2) is 5.04. The first-order valence-electron chi connectivity index (χ1n) is 6.69. The van der Waals surface area contributed by atoms with Crippen LogP contribution in [0.2, 0.25) is 0 Å². The van der Waals surface area contributed by atoms with E-state index < -0.39 is 22.5 Å². The van der Waals surface area contributed by atoms with Crippen LogP contribution in [-0.4, -0.2) is 18.3 Å². The van der Waals surface area contributed by atoms with E-state index in [4.69, 9.17) is 0 Å². The highest BCUT2D eigenvalue weighted by molar-refractivity contribution is 4.90. The van der Waals surface area contributed by atoms with Gasteiger partial charge in [0.25, 0.3) is 11.1 Å². The van der Waals surface area contributed by atoms with Crippen LogP contribution in [0.25, 0.3) is 0 Å². The zero-order valence-electron chi connectivity index (χ0n) is 13.2. The lowest BCUT2D eigenvalue weighted by molar-refractivity contribution is 0.606. The Bertz CT molecular complexity index is 1260. The number of hydrogen-bond acceptors (Lipinski definition) is 8. The second-order valence-corrected chi connectivity index (χ2v) is 5.16. The van der Waals surface area contributed by atoms with Gasteiger partial charge in [0.1, 0.15) is 0 Å². The number of hydrogen-bond donors (Lipinski definition) is 0. The van der Waals surface area contributed by atoms with Gasteiger partial charge in [-0.25, -0.2) is 9.59 Å². The van der Waals surface area contributed by atoms with E-state index in [2.05, 4.69) is 20.4 Å². The molecule has 24 heavy (non-hydrogen) atoms. The third-order valence-corrected chi connectivity index (χ3v) is 3.71.